The van der Waals surface area contributed by atoms with Crippen LogP contribution in [0.2, 0.25) is 0 Å². The summed E-state index contributed by atoms with van der Waals surface area (Å²) in [5, 5.41) is 2.89. The highest BCUT2D eigenvalue weighted by Gasteiger charge is 2.03. The summed E-state index contributed by atoms with van der Waals surface area (Å²) in [5.74, 6) is 0.0904. The zero-order valence-electron chi connectivity index (χ0n) is 11.4. The Morgan fingerprint density at radius 2 is 2.18 bits per heavy atom. The third-order valence-electron chi connectivity index (χ3n) is 2.53. The average Bonchev–Trinajstić information content (AvgIpc) is 2.27. The Labute approximate surface area is 105 Å². The van der Waals surface area contributed by atoms with Gasteiger partial charge < -0.3 is 20.7 Å². The quantitative estimate of drug-likeness (QED) is 0.540. The molecule has 102 valence electrons. The second-order valence-electron chi connectivity index (χ2n) is 4.52. The maximum absolute atomic E-state index is 11.4. The van der Waals surface area contributed by atoms with E-state index in [4.69, 9.17) is 10.5 Å². The molecule has 0 saturated heterocycles. The van der Waals surface area contributed by atoms with Crippen molar-refractivity contribution in [3.63, 3.8) is 0 Å². The Hall–Kier alpha value is -0.650. The van der Waals surface area contributed by atoms with Gasteiger partial charge in [-0.1, -0.05) is 0 Å². The van der Waals surface area contributed by atoms with Crippen molar-refractivity contribution >= 4 is 5.91 Å². The molecular formula is C12H27N3O2. The molecule has 5 heteroatoms. The fourth-order valence-electron chi connectivity index (χ4n) is 1.42. The van der Waals surface area contributed by atoms with Crippen LogP contribution in [0.15, 0.2) is 0 Å². The molecule has 0 rings (SSSR count). The van der Waals surface area contributed by atoms with Crippen molar-refractivity contribution < 1.29 is 9.53 Å². The number of nitrogens with two attached hydrogens (primary N) is 1. The number of nitrogens with one attached hydrogen (secondary N) is 1. The molecule has 0 fully saturated rings. The minimum Gasteiger partial charge on any atom is -0.385 e. The Kier molecular flexibility index (Phi) is 10.1. The summed E-state index contributed by atoms with van der Waals surface area (Å²) in [5.41, 5.74) is 5.59. The molecule has 0 spiro atoms. The summed E-state index contributed by atoms with van der Waals surface area (Å²) in [4.78, 5) is 13.6. The fraction of sp³-hybridized carbons (Fsp3) is 0.917. The summed E-state index contributed by atoms with van der Waals surface area (Å²) in [7, 11) is 3.75. The molecule has 0 aromatic rings. The van der Waals surface area contributed by atoms with Crippen LogP contribution in [0.5, 0.6) is 0 Å². The minimum absolute atomic E-state index is 0.0904. The van der Waals surface area contributed by atoms with Gasteiger partial charge in [-0.25, -0.2) is 0 Å². The first kappa shape index (κ1) is 16.4. The number of carbonyl (C=O) groups is 1. The van der Waals surface area contributed by atoms with Gasteiger partial charge in [0, 0.05) is 45.8 Å². The highest BCUT2D eigenvalue weighted by Crippen LogP contribution is 1.93. The van der Waals surface area contributed by atoms with Crippen LogP contribution in [0.25, 0.3) is 0 Å². The summed E-state index contributed by atoms with van der Waals surface area (Å²) < 4.78 is 4.98. The van der Waals surface area contributed by atoms with Crippen LogP contribution in [-0.4, -0.2) is 57.2 Å². The number of carbonyl (C=O) groups excluding carboxylic acids is 1. The van der Waals surface area contributed by atoms with Crippen LogP contribution in [0.4, 0.5) is 0 Å². The Morgan fingerprint density at radius 3 is 2.76 bits per heavy atom. The van der Waals surface area contributed by atoms with Gasteiger partial charge in [-0.05, 0) is 26.8 Å². The number of ether oxygens (including phenoxy) is 1. The summed E-state index contributed by atoms with van der Waals surface area (Å²) >= 11 is 0. The number of amides is 1. The van der Waals surface area contributed by atoms with Crippen LogP contribution < -0.4 is 11.1 Å². The number of methoxy groups -OCH3 is 1. The maximum atomic E-state index is 11.4. The van der Waals surface area contributed by atoms with Crippen molar-refractivity contribution in [1.29, 1.82) is 0 Å². The molecule has 0 radical (unpaired) electrons. The van der Waals surface area contributed by atoms with E-state index in [9.17, 15) is 4.79 Å². The number of nitrogens with zero attached hydrogens (tertiary/aromatic N) is 1. The van der Waals surface area contributed by atoms with Crippen molar-refractivity contribution in [3.8, 4) is 0 Å². The van der Waals surface area contributed by atoms with E-state index in [1.807, 2.05) is 14.0 Å². The van der Waals surface area contributed by atoms with Gasteiger partial charge in [-0.3, -0.25) is 4.79 Å². The highest BCUT2D eigenvalue weighted by atomic mass is 16.5. The fourth-order valence-corrected chi connectivity index (χ4v) is 1.42. The lowest BCUT2D eigenvalue weighted by Crippen LogP contribution is -2.34. The molecule has 1 amide bonds. The predicted octanol–water partition coefficient (Wildman–Crippen LogP) is 0.198. The number of likely N-dealkylation sites (N-methyl/N-ethyl adjacent to an activating group) is 1. The number of hydrogen-bond donors (Lipinski definition) is 2. The van der Waals surface area contributed by atoms with Crippen LogP contribution >= 0.6 is 0 Å². The summed E-state index contributed by atoms with van der Waals surface area (Å²) in [6.45, 7) is 5.25. The van der Waals surface area contributed by atoms with E-state index in [-0.39, 0.29) is 11.9 Å². The largest absolute Gasteiger partial charge is 0.385 e. The first-order valence-corrected chi connectivity index (χ1v) is 6.26. The molecule has 0 saturated carbocycles. The van der Waals surface area contributed by atoms with Crippen molar-refractivity contribution in [2.75, 3.05) is 40.4 Å². The van der Waals surface area contributed by atoms with E-state index >= 15 is 0 Å². The SMILES string of the molecule is COCCCN(C)CCNC(=O)CCC(C)N. The Balaban J connectivity index is 3.39. The van der Waals surface area contributed by atoms with Gasteiger partial charge in [-0.15, -0.1) is 0 Å². The van der Waals surface area contributed by atoms with Gasteiger partial charge in [0.05, 0.1) is 0 Å². The van der Waals surface area contributed by atoms with Crippen molar-refractivity contribution in [1.82, 2.24) is 10.2 Å². The maximum Gasteiger partial charge on any atom is 0.220 e. The van der Waals surface area contributed by atoms with Crippen LogP contribution in [0, 0.1) is 0 Å². The highest BCUT2D eigenvalue weighted by molar-refractivity contribution is 5.75. The Morgan fingerprint density at radius 1 is 1.47 bits per heavy atom. The molecular weight excluding hydrogens is 218 g/mol. The molecule has 5 nitrogen and oxygen atoms in total. The van der Waals surface area contributed by atoms with Crippen molar-refractivity contribution in [3.05, 3.63) is 0 Å². The van der Waals surface area contributed by atoms with Gasteiger partial charge in [0.25, 0.3) is 0 Å². The van der Waals surface area contributed by atoms with E-state index in [2.05, 4.69) is 10.2 Å². The third kappa shape index (κ3) is 11.6. The van der Waals surface area contributed by atoms with E-state index in [1.165, 1.54) is 0 Å². The van der Waals surface area contributed by atoms with Crippen LogP contribution in [-0.2, 0) is 9.53 Å². The molecule has 0 aromatic carbocycles. The van der Waals surface area contributed by atoms with E-state index in [1.54, 1.807) is 7.11 Å². The smallest absolute Gasteiger partial charge is 0.220 e. The lowest BCUT2D eigenvalue weighted by molar-refractivity contribution is -0.121. The molecule has 0 aliphatic carbocycles. The lowest BCUT2D eigenvalue weighted by Gasteiger charge is -2.16. The molecule has 0 aliphatic rings. The number of rotatable bonds is 10. The average molecular weight is 245 g/mol. The van der Waals surface area contributed by atoms with E-state index in [0.717, 1.165) is 32.5 Å². The number of hydrogen-bond acceptors (Lipinski definition) is 4. The minimum atomic E-state index is 0.0904. The van der Waals surface area contributed by atoms with Crippen LogP contribution in [0.3, 0.4) is 0 Å². The molecule has 1 unspecified atom stereocenters. The van der Waals surface area contributed by atoms with Crippen molar-refractivity contribution in [2.45, 2.75) is 32.2 Å². The summed E-state index contributed by atoms with van der Waals surface area (Å²) in [6.07, 6.45) is 2.28. The van der Waals surface area contributed by atoms with Crippen molar-refractivity contribution in [2.24, 2.45) is 5.73 Å². The molecule has 0 aliphatic heterocycles. The molecule has 3 N–H and O–H groups in total. The predicted molar refractivity (Wildman–Crippen MR) is 69.9 cm³/mol. The van der Waals surface area contributed by atoms with Gasteiger partial charge in [0.15, 0.2) is 0 Å². The standard InChI is InChI=1S/C12H27N3O2/c1-11(13)5-6-12(16)14-7-9-15(2)8-4-10-17-3/h11H,4-10,13H2,1-3H3,(H,14,16). The van der Waals surface area contributed by atoms with Crippen LogP contribution in [0.1, 0.15) is 26.2 Å². The second-order valence-corrected chi connectivity index (χ2v) is 4.52. The first-order chi connectivity index (χ1) is 8.06. The monoisotopic (exact) mass is 245 g/mol. The zero-order chi connectivity index (χ0) is 13.1. The van der Waals surface area contributed by atoms with E-state index in [0.29, 0.717) is 13.0 Å². The normalized spacial score (nSPS) is 12.8. The molecule has 0 heterocycles. The molecule has 17 heavy (non-hydrogen) atoms. The zero-order valence-corrected chi connectivity index (χ0v) is 11.4. The summed E-state index contributed by atoms with van der Waals surface area (Å²) in [6, 6.07) is 0.0949. The molecule has 0 aromatic heterocycles. The van der Waals surface area contributed by atoms with Gasteiger partial charge in [-0.2, -0.15) is 0 Å². The van der Waals surface area contributed by atoms with Gasteiger partial charge in [0.1, 0.15) is 0 Å². The lowest BCUT2D eigenvalue weighted by atomic mass is 10.2. The second kappa shape index (κ2) is 10.5. The van der Waals surface area contributed by atoms with Gasteiger partial charge in [0.2, 0.25) is 5.91 Å². The van der Waals surface area contributed by atoms with Gasteiger partial charge >= 0.3 is 0 Å². The molecule has 1 atom stereocenters. The molecule has 0 bridgehead atoms. The topological polar surface area (TPSA) is 67.6 Å². The first-order valence-electron chi connectivity index (χ1n) is 6.26. The Bertz CT molecular complexity index is 198. The van der Waals surface area contributed by atoms with E-state index < -0.39 is 0 Å². The third-order valence-corrected chi connectivity index (χ3v) is 2.53.